The maximum atomic E-state index is 12.1. The smallest absolute Gasteiger partial charge is 0.406 e. The molecule has 3 rings (SSSR count). The quantitative estimate of drug-likeness (QED) is 0.925. The first-order valence-corrected chi connectivity index (χ1v) is 7.33. The summed E-state index contributed by atoms with van der Waals surface area (Å²) in [6.45, 7) is 3.04. The molecule has 116 valence electrons. The molecule has 21 heavy (non-hydrogen) atoms. The summed E-state index contributed by atoms with van der Waals surface area (Å²) >= 11 is 0. The Hall–Kier alpha value is -1.27. The number of benzene rings is 1. The highest BCUT2D eigenvalue weighted by Crippen LogP contribution is 2.28. The number of alkyl halides is 3. The molecule has 2 aliphatic heterocycles. The molecular weight excluding hydrogens is 281 g/mol. The second kappa shape index (κ2) is 5.85. The van der Waals surface area contributed by atoms with Crippen LogP contribution in [0.15, 0.2) is 24.3 Å². The zero-order valence-corrected chi connectivity index (χ0v) is 11.7. The van der Waals surface area contributed by atoms with Crippen LogP contribution in [0, 0.1) is 0 Å². The van der Waals surface area contributed by atoms with Gasteiger partial charge >= 0.3 is 6.36 Å². The maximum absolute atomic E-state index is 12.1. The average molecular weight is 300 g/mol. The first kappa shape index (κ1) is 14.7. The van der Waals surface area contributed by atoms with Crippen molar-refractivity contribution in [2.45, 2.75) is 44.3 Å². The Labute approximate surface area is 122 Å². The van der Waals surface area contributed by atoms with E-state index in [1.54, 1.807) is 12.1 Å². The molecule has 1 aromatic carbocycles. The van der Waals surface area contributed by atoms with E-state index < -0.39 is 6.36 Å². The number of rotatable bonds is 4. The fourth-order valence-corrected chi connectivity index (χ4v) is 3.38. The SMILES string of the molecule is FC(F)(F)Oc1ccc(CNC2CCN3CCCC23)cc1. The summed E-state index contributed by atoms with van der Waals surface area (Å²) in [5.41, 5.74) is 0.973. The molecule has 0 radical (unpaired) electrons. The molecule has 2 fully saturated rings. The van der Waals surface area contributed by atoms with Gasteiger partial charge in [0.25, 0.3) is 0 Å². The van der Waals surface area contributed by atoms with E-state index in [1.807, 2.05) is 0 Å². The van der Waals surface area contributed by atoms with Crippen molar-refractivity contribution in [3.63, 3.8) is 0 Å². The molecule has 2 unspecified atom stereocenters. The molecule has 1 N–H and O–H groups in total. The highest BCUT2D eigenvalue weighted by molar-refractivity contribution is 5.27. The lowest BCUT2D eigenvalue weighted by Crippen LogP contribution is -2.38. The van der Waals surface area contributed by atoms with E-state index in [4.69, 9.17) is 0 Å². The van der Waals surface area contributed by atoms with Crippen molar-refractivity contribution < 1.29 is 17.9 Å². The Bertz CT molecular complexity index is 475. The van der Waals surface area contributed by atoms with E-state index in [0.29, 0.717) is 18.6 Å². The van der Waals surface area contributed by atoms with E-state index >= 15 is 0 Å². The van der Waals surface area contributed by atoms with Gasteiger partial charge in [0.1, 0.15) is 5.75 Å². The van der Waals surface area contributed by atoms with Crippen molar-refractivity contribution in [2.24, 2.45) is 0 Å². The number of fused-ring (bicyclic) bond motifs is 1. The maximum Gasteiger partial charge on any atom is 0.573 e. The number of ether oxygens (including phenoxy) is 1. The first-order valence-electron chi connectivity index (χ1n) is 7.33. The van der Waals surface area contributed by atoms with Crippen molar-refractivity contribution in [1.29, 1.82) is 0 Å². The molecule has 0 bridgehead atoms. The van der Waals surface area contributed by atoms with Gasteiger partial charge in [-0.1, -0.05) is 12.1 Å². The minimum Gasteiger partial charge on any atom is -0.406 e. The predicted molar refractivity (Wildman–Crippen MR) is 73.0 cm³/mol. The third kappa shape index (κ3) is 3.68. The Morgan fingerprint density at radius 2 is 1.90 bits per heavy atom. The van der Waals surface area contributed by atoms with Gasteiger partial charge in [-0.25, -0.2) is 0 Å². The molecule has 0 aliphatic carbocycles. The van der Waals surface area contributed by atoms with Crippen LogP contribution in [-0.2, 0) is 6.54 Å². The first-order chi connectivity index (χ1) is 10.0. The third-order valence-corrected chi connectivity index (χ3v) is 4.33. The Morgan fingerprint density at radius 3 is 2.62 bits per heavy atom. The molecular formula is C15H19F3N2O. The van der Waals surface area contributed by atoms with Crippen LogP contribution in [0.2, 0.25) is 0 Å². The fraction of sp³-hybridized carbons (Fsp3) is 0.600. The van der Waals surface area contributed by atoms with E-state index in [2.05, 4.69) is 15.0 Å². The number of halogens is 3. The third-order valence-electron chi connectivity index (χ3n) is 4.33. The number of nitrogens with one attached hydrogen (secondary N) is 1. The van der Waals surface area contributed by atoms with Crippen molar-refractivity contribution in [3.8, 4) is 5.75 Å². The number of hydrogen-bond donors (Lipinski definition) is 1. The van der Waals surface area contributed by atoms with Gasteiger partial charge < -0.3 is 10.1 Å². The monoisotopic (exact) mass is 300 g/mol. The van der Waals surface area contributed by atoms with Crippen molar-refractivity contribution in [1.82, 2.24) is 10.2 Å². The zero-order chi connectivity index (χ0) is 14.9. The minimum absolute atomic E-state index is 0.172. The summed E-state index contributed by atoms with van der Waals surface area (Å²) < 4.78 is 40.1. The van der Waals surface area contributed by atoms with Gasteiger partial charge in [0.15, 0.2) is 0 Å². The molecule has 0 aromatic heterocycles. The highest BCUT2D eigenvalue weighted by atomic mass is 19.4. The topological polar surface area (TPSA) is 24.5 Å². The van der Waals surface area contributed by atoms with Gasteiger partial charge in [0.2, 0.25) is 0 Å². The van der Waals surface area contributed by atoms with Gasteiger partial charge in [0.05, 0.1) is 0 Å². The largest absolute Gasteiger partial charge is 0.573 e. The van der Waals surface area contributed by atoms with Gasteiger partial charge in [-0.3, -0.25) is 4.90 Å². The van der Waals surface area contributed by atoms with Crippen LogP contribution in [0.4, 0.5) is 13.2 Å². The molecule has 0 amide bonds. The molecule has 2 saturated heterocycles. The van der Waals surface area contributed by atoms with Gasteiger partial charge in [-0.2, -0.15) is 0 Å². The molecule has 3 nitrogen and oxygen atoms in total. The van der Waals surface area contributed by atoms with Gasteiger partial charge in [0, 0.05) is 25.2 Å². The number of nitrogens with zero attached hydrogens (tertiary/aromatic N) is 1. The Balaban J connectivity index is 1.51. The minimum atomic E-state index is -4.63. The van der Waals surface area contributed by atoms with Crippen molar-refractivity contribution >= 4 is 0 Å². The van der Waals surface area contributed by atoms with Gasteiger partial charge in [-0.05, 0) is 43.5 Å². The highest BCUT2D eigenvalue weighted by Gasteiger charge is 2.36. The second-order valence-corrected chi connectivity index (χ2v) is 5.71. The zero-order valence-electron chi connectivity index (χ0n) is 11.7. The van der Waals surface area contributed by atoms with E-state index in [0.717, 1.165) is 18.5 Å². The molecule has 0 spiro atoms. The summed E-state index contributed by atoms with van der Waals surface area (Å²) in [6, 6.07) is 7.21. The van der Waals surface area contributed by atoms with E-state index in [1.165, 1.54) is 31.5 Å². The van der Waals surface area contributed by atoms with Crippen LogP contribution in [-0.4, -0.2) is 36.4 Å². The van der Waals surface area contributed by atoms with Crippen LogP contribution in [0.3, 0.4) is 0 Å². The normalized spacial score (nSPS) is 26.0. The van der Waals surface area contributed by atoms with Crippen molar-refractivity contribution in [3.05, 3.63) is 29.8 Å². The summed E-state index contributed by atoms with van der Waals surface area (Å²) in [6.07, 6.45) is -0.960. The van der Waals surface area contributed by atoms with Crippen molar-refractivity contribution in [2.75, 3.05) is 13.1 Å². The predicted octanol–water partition coefficient (Wildman–Crippen LogP) is 2.91. The van der Waals surface area contributed by atoms with Crippen LogP contribution in [0.1, 0.15) is 24.8 Å². The molecule has 0 saturated carbocycles. The Morgan fingerprint density at radius 1 is 1.14 bits per heavy atom. The summed E-state index contributed by atoms with van der Waals surface area (Å²) in [5.74, 6) is -0.172. The van der Waals surface area contributed by atoms with Crippen LogP contribution in [0.25, 0.3) is 0 Å². The molecule has 2 heterocycles. The van der Waals surface area contributed by atoms with Crippen LogP contribution >= 0.6 is 0 Å². The molecule has 2 atom stereocenters. The lowest BCUT2D eigenvalue weighted by atomic mass is 10.1. The molecule has 6 heteroatoms. The second-order valence-electron chi connectivity index (χ2n) is 5.71. The molecule has 1 aromatic rings. The van der Waals surface area contributed by atoms with Crippen LogP contribution < -0.4 is 10.1 Å². The summed E-state index contributed by atoms with van der Waals surface area (Å²) in [4.78, 5) is 2.53. The summed E-state index contributed by atoms with van der Waals surface area (Å²) in [5, 5.41) is 3.53. The lowest BCUT2D eigenvalue weighted by Gasteiger charge is -2.21. The van der Waals surface area contributed by atoms with E-state index in [9.17, 15) is 13.2 Å². The standard InChI is InChI=1S/C15H19F3N2O/c16-15(17,18)21-12-5-3-11(4-6-12)10-19-13-7-9-20-8-1-2-14(13)20/h3-6,13-14,19H,1-2,7-10H2. The van der Waals surface area contributed by atoms with E-state index in [-0.39, 0.29) is 5.75 Å². The summed E-state index contributed by atoms with van der Waals surface area (Å²) in [7, 11) is 0. The fourth-order valence-electron chi connectivity index (χ4n) is 3.38. The van der Waals surface area contributed by atoms with Crippen LogP contribution in [0.5, 0.6) is 5.75 Å². The lowest BCUT2D eigenvalue weighted by molar-refractivity contribution is -0.274. The number of hydrogen-bond acceptors (Lipinski definition) is 3. The molecule has 2 aliphatic rings. The Kier molecular flexibility index (Phi) is 4.08. The van der Waals surface area contributed by atoms with Gasteiger partial charge in [-0.15, -0.1) is 13.2 Å². The average Bonchev–Trinajstić information content (AvgIpc) is 2.99.